The Morgan fingerprint density at radius 1 is 1.14 bits per heavy atom. The van der Waals surface area contributed by atoms with Crippen LogP contribution in [0, 0.1) is 6.92 Å². The Hall–Kier alpha value is -1.01. The molecule has 1 aromatic rings. The van der Waals surface area contributed by atoms with Gasteiger partial charge in [-0.05, 0) is 42.2 Å². The smallest absolute Gasteiger partial charge is 0.402 e. The van der Waals surface area contributed by atoms with Gasteiger partial charge in [-0.25, -0.2) is 0 Å². The molecular formula is C15H24F3NOSi. The zero-order chi connectivity index (χ0) is 16.6. The lowest BCUT2D eigenvalue weighted by atomic mass is 10.1. The Balaban J connectivity index is 3.22. The van der Waals surface area contributed by atoms with E-state index in [1.807, 2.05) is 33.9 Å². The molecule has 0 radical (unpaired) electrons. The van der Waals surface area contributed by atoms with Gasteiger partial charge in [-0.1, -0.05) is 32.9 Å². The van der Waals surface area contributed by atoms with Crippen LogP contribution in [0.2, 0.25) is 18.1 Å². The number of aryl methyl sites for hydroxylation is 1. The Bertz CT molecular complexity index is 507. The summed E-state index contributed by atoms with van der Waals surface area (Å²) >= 11 is 0. The van der Waals surface area contributed by atoms with Gasteiger partial charge in [0.05, 0.1) is 0 Å². The van der Waals surface area contributed by atoms with Crippen molar-refractivity contribution in [1.29, 1.82) is 0 Å². The number of nitrogen functional groups attached to an aromatic ring is 1. The highest BCUT2D eigenvalue weighted by Crippen LogP contribution is 2.45. The lowest BCUT2D eigenvalue weighted by Crippen LogP contribution is -2.44. The van der Waals surface area contributed by atoms with Gasteiger partial charge in [-0.2, -0.15) is 13.2 Å². The first-order valence-corrected chi connectivity index (χ1v) is 9.77. The summed E-state index contributed by atoms with van der Waals surface area (Å²) in [4.78, 5) is 0. The standard InChI is InChI=1S/C15H24F3NOSi/c1-10-9-11(7-8-12(10)19)13(15(16,17)18)20-21(5,6)14(2,3)4/h7-9,13H,19H2,1-6H3. The van der Waals surface area contributed by atoms with Gasteiger partial charge in [0.1, 0.15) is 0 Å². The molecule has 1 atom stereocenters. The van der Waals surface area contributed by atoms with Gasteiger partial charge >= 0.3 is 6.18 Å². The van der Waals surface area contributed by atoms with Crippen LogP contribution in [0.25, 0.3) is 0 Å². The first kappa shape index (κ1) is 18.0. The van der Waals surface area contributed by atoms with Crippen LogP contribution in [0.15, 0.2) is 18.2 Å². The van der Waals surface area contributed by atoms with Gasteiger partial charge in [0.15, 0.2) is 14.4 Å². The first-order chi connectivity index (χ1) is 9.25. The molecule has 0 fully saturated rings. The van der Waals surface area contributed by atoms with Crippen LogP contribution in [-0.4, -0.2) is 14.5 Å². The van der Waals surface area contributed by atoms with Crippen molar-refractivity contribution in [1.82, 2.24) is 0 Å². The molecule has 1 aromatic carbocycles. The maximum atomic E-state index is 13.4. The summed E-state index contributed by atoms with van der Waals surface area (Å²) in [7, 11) is -2.54. The quantitative estimate of drug-likeness (QED) is 0.613. The molecule has 0 aliphatic carbocycles. The minimum atomic E-state index is -4.45. The van der Waals surface area contributed by atoms with E-state index in [0.29, 0.717) is 11.3 Å². The highest BCUT2D eigenvalue weighted by Gasteiger charge is 2.48. The van der Waals surface area contributed by atoms with Crippen LogP contribution < -0.4 is 5.73 Å². The van der Waals surface area contributed by atoms with E-state index in [4.69, 9.17) is 10.2 Å². The molecule has 0 spiro atoms. The monoisotopic (exact) mass is 319 g/mol. The third kappa shape index (κ3) is 4.23. The first-order valence-electron chi connectivity index (χ1n) is 6.86. The van der Waals surface area contributed by atoms with E-state index in [0.717, 1.165) is 0 Å². The van der Waals surface area contributed by atoms with Crippen LogP contribution in [0.5, 0.6) is 0 Å². The number of alkyl halides is 3. The van der Waals surface area contributed by atoms with Crippen molar-refractivity contribution in [2.45, 2.75) is 58.1 Å². The summed E-state index contributed by atoms with van der Waals surface area (Å²) in [5.41, 5.74) is 6.90. The summed E-state index contributed by atoms with van der Waals surface area (Å²) < 4.78 is 45.9. The number of hydrogen-bond acceptors (Lipinski definition) is 2. The van der Waals surface area contributed by atoms with Crippen molar-refractivity contribution in [3.05, 3.63) is 29.3 Å². The second-order valence-electron chi connectivity index (χ2n) is 6.92. The second kappa shape index (κ2) is 5.65. The average molecular weight is 319 g/mol. The number of halogens is 3. The molecule has 2 nitrogen and oxygen atoms in total. The normalized spacial score (nSPS) is 15.1. The van der Waals surface area contributed by atoms with Gasteiger partial charge in [-0.15, -0.1) is 0 Å². The minimum Gasteiger partial charge on any atom is -0.402 e. The fraction of sp³-hybridized carbons (Fsp3) is 0.600. The number of nitrogens with two attached hydrogens (primary N) is 1. The molecule has 1 rings (SSSR count). The van der Waals surface area contributed by atoms with E-state index in [-0.39, 0.29) is 10.6 Å². The minimum absolute atomic E-state index is 0.110. The molecule has 2 N–H and O–H groups in total. The van der Waals surface area contributed by atoms with Crippen molar-refractivity contribution in [2.24, 2.45) is 0 Å². The van der Waals surface area contributed by atoms with E-state index in [1.165, 1.54) is 18.2 Å². The van der Waals surface area contributed by atoms with E-state index >= 15 is 0 Å². The van der Waals surface area contributed by atoms with Crippen LogP contribution in [0.4, 0.5) is 18.9 Å². The molecule has 0 saturated heterocycles. The molecule has 0 aliphatic heterocycles. The molecule has 0 heterocycles. The van der Waals surface area contributed by atoms with E-state index < -0.39 is 20.6 Å². The van der Waals surface area contributed by atoms with Crippen molar-refractivity contribution < 1.29 is 17.6 Å². The number of benzene rings is 1. The lowest BCUT2D eigenvalue weighted by Gasteiger charge is -2.39. The van der Waals surface area contributed by atoms with E-state index in [2.05, 4.69) is 0 Å². The summed E-state index contributed by atoms with van der Waals surface area (Å²) in [5.74, 6) is 0. The predicted octanol–water partition coefficient (Wildman–Crippen LogP) is 5.20. The Kier molecular flexibility index (Phi) is 4.85. The number of rotatable bonds is 3. The van der Waals surface area contributed by atoms with E-state index in [9.17, 15) is 13.2 Å². The number of anilines is 1. The van der Waals surface area contributed by atoms with Gasteiger partial charge in [0, 0.05) is 5.69 Å². The summed E-state index contributed by atoms with van der Waals surface area (Å²) in [6, 6.07) is 4.35. The molecule has 0 bridgehead atoms. The fourth-order valence-electron chi connectivity index (χ4n) is 1.66. The van der Waals surface area contributed by atoms with Gasteiger partial charge < -0.3 is 10.2 Å². The molecule has 120 valence electrons. The zero-order valence-electron chi connectivity index (χ0n) is 13.4. The average Bonchev–Trinajstić information content (AvgIpc) is 2.27. The largest absolute Gasteiger partial charge is 0.417 e. The molecule has 0 saturated carbocycles. The maximum Gasteiger partial charge on any atom is 0.417 e. The van der Waals surface area contributed by atoms with Crippen LogP contribution in [-0.2, 0) is 4.43 Å². The lowest BCUT2D eigenvalue weighted by molar-refractivity contribution is -0.201. The fourth-order valence-corrected chi connectivity index (χ4v) is 2.87. The Labute approximate surface area is 125 Å². The molecule has 0 amide bonds. The topological polar surface area (TPSA) is 35.2 Å². The van der Waals surface area contributed by atoms with Crippen LogP contribution in [0.1, 0.15) is 38.0 Å². The summed E-state index contributed by atoms with van der Waals surface area (Å²) in [6.07, 6.45) is -6.35. The van der Waals surface area contributed by atoms with Crippen LogP contribution >= 0.6 is 0 Å². The zero-order valence-corrected chi connectivity index (χ0v) is 14.4. The predicted molar refractivity (Wildman–Crippen MR) is 82.7 cm³/mol. The molecular weight excluding hydrogens is 295 g/mol. The summed E-state index contributed by atoms with van der Waals surface area (Å²) in [5, 5.41) is -0.292. The van der Waals surface area contributed by atoms with Crippen LogP contribution in [0.3, 0.4) is 0 Å². The van der Waals surface area contributed by atoms with Crippen molar-refractivity contribution >= 4 is 14.0 Å². The molecule has 21 heavy (non-hydrogen) atoms. The third-order valence-corrected chi connectivity index (χ3v) is 8.55. The highest BCUT2D eigenvalue weighted by atomic mass is 28.4. The van der Waals surface area contributed by atoms with Crippen molar-refractivity contribution in [3.63, 3.8) is 0 Å². The van der Waals surface area contributed by atoms with Crippen molar-refractivity contribution in [3.8, 4) is 0 Å². The SMILES string of the molecule is Cc1cc(C(O[Si](C)(C)C(C)(C)C)C(F)(F)F)ccc1N. The van der Waals surface area contributed by atoms with E-state index in [1.54, 1.807) is 6.92 Å². The highest BCUT2D eigenvalue weighted by molar-refractivity contribution is 6.74. The summed E-state index contributed by atoms with van der Waals surface area (Å²) in [6.45, 7) is 11.1. The Morgan fingerprint density at radius 2 is 1.67 bits per heavy atom. The number of hydrogen-bond donors (Lipinski definition) is 1. The third-order valence-electron chi connectivity index (χ3n) is 4.11. The van der Waals surface area contributed by atoms with Gasteiger partial charge in [-0.3, -0.25) is 0 Å². The second-order valence-corrected chi connectivity index (χ2v) is 11.7. The Morgan fingerprint density at radius 3 is 2.05 bits per heavy atom. The molecule has 0 aliphatic rings. The van der Waals surface area contributed by atoms with Gasteiger partial charge in [0.2, 0.25) is 0 Å². The maximum absolute atomic E-state index is 13.4. The molecule has 1 unspecified atom stereocenters. The van der Waals surface area contributed by atoms with Gasteiger partial charge in [0.25, 0.3) is 0 Å². The van der Waals surface area contributed by atoms with Crippen molar-refractivity contribution in [2.75, 3.05) is 5.73 Å². The molecule has 0 aromatic heterocycles. The molecule has 6 heteroatoms.